The van der Waals surface area contributed by atoms with Gasteiger partial charge in [-0.2, -0.15) is 14.6 Å². The monoisotopic (exact) mass is 336 g/mol. The standard InChI is InChI=1S/C18H20N6O/c1-12-9-17(24-18(21-12)19-11-20-24)22-15-5-3-14(4-6-15)10-23(13(2)25)16-7-8-16/h3-6,9,11,16,22H,7-8,10H2,1-2H3. The Morgan fingerprint density at radius 3 is 2.76 bits per heavy atom. The molecule has 0 bridgehead atoms. The van der Waals surface area contributed by atoms with E-state index in [1.165, 1.54) is 6.33 Å². The van der Waals surface area contributed by atoms with Gasteiger partial charge in [-0.25, -0.2) is 4.98 Å². The lowest BCUT2D eigenvalue weighted by atomic mass is 10.2. The molecule has 0 radical (unpaired) electrons. The minimum atomic E-state index is 0.144. The summed E-state index contributed by atoms with van der Waals surface area (Å²) in [5, 5.41) is 7.55. The minimum Gasteiger partial charge on any atom is -0.340 e. The number of nitrogens with zero attached hydrogens (tertiary/aromatic N) is 5. The predicted molar refractivity (Wildman–Crippen MR) is 94.5 cm³/mol. The zero-order valence-corrected chi connectivity index (χ0v) is 14.3. The van der Waals surface area contributed by atoms with Gasteiger partial charge in [-0.3, -0.25) is 4.79 Å². The Bertz CT molecular complexity index is 913. The second-order valence-electron chi connectivity index (χ2n) is 6.45. The maximum atomic E-state index is 11.8. The third-order valence-corrected chi connectivity index (χ3v) is 4.35. The molecule has 3 aromatic rings. The summed E-state index contributed by atoms with van der Waals surface area (Å²) in [7, 11) is 0. The van der Waals surface area contributed by atoms with Crippen LogP contribution < -0.4 is 5.32 Å². The fourth-order valence-electron chi connectivity index (χ4n) is 2.94. The molecule has 4 rings (SSSR count). The predicted octanol–water partition coefficient (Wildman–Crippen LogP) is 2.69. The zero-order chi connectivity index (χ0) is 17.4. The van der Waals surface area contributed by atoms with Crippen LogP contribution in [0.15, 0.2) is 36.7 Å². The topological polar surface area (TPSA) is 75.4 Å². The van der Waals surface area contributed by atoms with E-state index in [1.54, 1.807) is 11.4 Å². The molecule has 0 spiro atoms. The van der Waals surface area contributed by atoms with Crippen molar-refractivity contribution in [2.45, 2.75) is 39.3 Å². The number of carbonyl (C=O) groups excluding carboxylic acids is 1. The van der Waals surface area contributed by atoms with Crippen LogP contribution in [0.4, 0.5) is 11.5 Å². The minimum absolute atomic E-state index is 0.144. The summed E-state index contributed by atoms with van der Waals surface area (Å²) < 4.78 is 1.67. The molecular weight excluding hydrogens is 316 g/mol. The van der Waals surface area contributed by atoms with E-state index in [4.69, 9.17) is 0 Å². The van der Waals surface area contributed by atoms with Gasteiger partial charge in [0.2, 0.25) is 5.91 Å². The van der Waals surface area contributed by atoms with Crippen molar-refractivity contribution in [3.63, 3.8) is 0 Å². The molecule has 0 saturated heterocycles. The van der Waals surface area contributed by atoms with Crippen molar-refractivity contribution in [2.24, 2.45) is 0 Å². The summed E-state index contributed by atoms with van der Waals surface area (Å²) >= 11 is 0. The molecule has 128 valence electrons. The van der Waals surface area contributed by atoms with Crippen LogP contribution in [0.2, 0.25) is 0 Å². The van der Waals surface area contributed by atoms with Gasteiger partial charge in [0.25, 0.3) is 5.78 Å². The summed E-state index contributed by atoms with van der Waals surface area (Å²) in [6.07, 6.45) is 3.73. The van der Waals surface area contributed by atoms with Crippen LogP contribution in [0.3, 0.4) is 0 Å². The van der Waals surface area contributed by atoms with E-state index >= 15 is 0 Å². The number of hydrogen-bond donors (Lipinski definition) is 1. The van der Waals surface area contributed by atoms with Gasteiger partial charge >= 0.3 is 0 Å². The van der Waals surface area contributed by atoms with Crippen LogP contribution in [0.1, 0.15) is 31.0 Å². The molecule has 1 aliphatic rings. The number of fused-ring (bicyclic) bond motifs is 1. The van der Waals surface area contributed by atoms with Gasteiger partial charge in [0.15, 0.2) is 0 Å². The zero-order valence-electron chi connectivity index (χ0n) is 14.3. The first-order valence-corrected chi connectivity index (χ1v) is 8.41. The van der Waals surface area contributed by atoms with Crippen molar-refractivity contribution in [3.05, 3.63) is 47.9 Å². The Balaban J connectivity index is 1.52. The summed E-state index contributed by atoms with van der Waals surface area (Å²) in [5.74, 6) is 1.53. The lowest BCUT2D eigenvalue weighted by molar-refractivity contribution is -0.130. The molecule has 1 saturated carbocycles. The van der Waals surface area contributed by atoms with E-state index in [2.05, 4.69) is 20.4 Å². The van der Waals surface area contributed by atoms with Crippen molar-refractivity contribution in [1.29, 1.82) is 0 Å². The third kappa shape index (κ3) is 3.31. The quantitative estimate of drug-likeness (QED) is 0.775. The number of hydrogen-bond acceptors (Lipinski definition) is 5. The average molecular weight is 336 g/mol. The van der Waals surface area contributed by atoms with Gasteiger partial charge < -0.3 is 10.2 Å². The van der Waals surface area contributed by atoms with Crippen molar-refractivity contribution in [1.82, 2.24) is 24.5 Å². The van der Waals surface area contributed by atoms with Gasteiger partial charge in [-0.05, 0) is 37.5 Å². The smallest absolute Gasteiger partial charge is 0.254 e. The fraction of sp³-hybridized carbons (Fsp3) is 0.333. The van der Waals surface area contributed by atoms with E-state index in [-0.39, 0.29) is 5.91 Å². The molecule has 2 aromatic heterocycles. The second kappa shape index (κ2) is 6.16. The average Bonchev–Trinajstić information content (AvgIpc) is 3.31. The van der Waals surface area contributed by atoms with Crippen molar-refractivity contribution in [2.75, 3.05) is 5.32 Å². The summed E-state index contributed by atoms with van der Waals surface area (Å²) in [6.45, 7) is 4.24. The number of benzene rings is 1. The van der Waals surface area contributed by atoms with E-state index in [1.807, 2.05) is 42.2 Å². The molecule has 1 fully saturated rings. The van der Waals surface area contributed by atoms with E-state index in [0.29, 0.717) is 18.4 Å². The van der Waals surface area contributed by atoms with E-state index in [0.717, 1.165) is 35.6 Å². The molecule has 7 heteroatoms. The highest BCUT2D eigenvalue weighted by Crippen LogP contribution is 2.28. The van der Waals surface area contributed by atoms with Crippen molar-refractivity contribution in [3.8, 4) is 0 Å². The molecule has 1 aliphatic carbocycles. The van der Waals surface area contributed by atoms with Crippen LogP contribution in [-0.4, -0.2) is 36.4 Å². The summed E-state index contributed by atoms with van der Waals surface area (Å²) in [4.78, 5) is 22.2. The van der Waals surface area contributed by atoms with Crippen molar-refractivity contribution < 1.29 is 4.79 Å². The van der Waals surface area contributed by atoms with Crippen LogP contribution in [0.25, 0.3) is 5.78 Å². The maximum absolute atomic E-state index is 11.8. The van der Waals surface area contributed by atoms with Gasteiger partial charge in [0, 0.05) is 37.0 Å². The highest BCUT2D eigenvalue weighted by atomic mass is 16.2. The molecule has 2 heterocycles. The number of rotatable bonds is 5. The number of anilines is 2. The molecule has 1 aromatic carbocycles. The molecule has 0 unspecified atom stereocenters. The fourth-order valence-corrected chi connectivity index (χ4v) is 2.94. The largest absolute Gasteiger partial charge is 0.340 e. The molecule has 0 aliphatic heterocycles. The number of carbonyl (C=O) groups is 1. The van der Waals surface area contributed by atoms with Gasteiger partial charge in [-0.15, -0.1) is 0 Å². The Morgan fingerprint density at radius 2 is 2.08 bits per heavy atom. The second-order valence-corrected chi connectivity index (χ2v) is 6.45. The first-order valence-electron chi connectivity index (χ1n) is 8.41. The number of amides is 1. The molecule has 25 heavy (non-hydrogen) atoms. The Morgan fingerprint density at radius 1 is 1.32 bits per heavy atom. The lowest BCUT2D eigenvalue weighted by Gasteiger charge is -2.20. The molecule has 1 amide bonds. The van der Waals surface area contributed by atoms with Crippen LogP contribution >= 0.6 is 0 Å². The first-order chi connectivity index (χ1) is 12.1. The first kappa shape index (κ1) is 15.6. The molecule has 0 atom stereocenters. The number of aromatic nitrogens is 4. The van der Waals surface area contributed by atoms with Gasteiger partial charge in [0.05, 0.1) is 0 Å². The van der Waals surface area contributed by atoms with Crippen LogP contribution in [0.5, 0.6) is 0 Å². The normalized spacial score (nSPS) is 13.8. The van der Waals surface area contributed by atoms with Crippen LogP contribution in [0, 0.1) is 6.92 Å². The van der Waals surface area contributed by atoms with E-state index in [9.17, 15) is 4.79 Å². The highest BCUT2D eigenvalue weighted by Gasteiger charge is 2.30. The van der Waals surface area contributed by atoms with Gasteiger partial charge in [0.1, 0.15) is 12.1 Å². The Labute approximate surface area is 145 Å². The van der Waals surface area contributed by atoms with E-state index < -0.39 is 0 Å². The van der Waals surface area contributed by atoms with Crippen LogP contribution in [-0.2, 0) is 11.3 Å². The Kier molecular flexibility index (Phi) is 3.83. The Hall–Kier alpha value is -2.96. The maximum Gasteiger partial charge on any atom is 0.254 e. The number of aryl methyl sites for hydroxylation is 1. The molecule has 7 nitrogen and oxygen atoms in total. The number of nitrogens with one attached hydrogen (secondary N) is 1. The SMILES string of the molecule is CC(=O)N(Cc1ccc(Nc2cc(C)nc3ncnn23)cc1)C1CC1. The highest BCUT2D eigenvalue weighted by molar-refractivity contribution is 5.74. The summed E-state index contributed by atoms with van der Waals surface area (Å²) in [6, 6.07) is 10.5. The van der Waals surface area contributed by atoms with Gasteiger partial charge in [-0.1, -0.05) is 12.1 Å². The van der Waals surface area contributed by atoms with Crippen molar-refractivity contribution >= 4 is 23.2 Å². The molecular formula is C18H20N6O. The molecule has 1 N–H and O–H groups in total. The lowest BCUT2D eigenvalue weighted by Crippen LogP contribution is -2.30. The summed E-state index contributed by atoms with van der Waals surface area (Å²) in [5.41, 5.74) is 2.96. The third-order valence-electron chi connectivity index (χ3n) is 4.35.